The highest BCUT2D eigenvalue weighted by atomic mass is 16.5. The number of hydrogen-bond acceptors (Lipinski definition) is 3. The van der Waals surface area contributed by atoms with Crippen LogP contribution in [0.4, 0.5) is 0 Å². The molecule has 2 aromatic carbocycles. The van der Waals surface area contributed by atoms with Gasteiger partial charge < -0.3 is 14.7 Å². The number of aliphatic hydroxyl groups is 1. The number of amides is 1. The van der Waals surface area contributed by atoms with Crippen molar-refractivity contribution >= 4 is 5.91 Å². The summed E-state index contributed by atoms with van der Waals surface area (Å²) in [6.45, 7) is 2.68. The van der Waals surface area contributed by atoms with Crippen molar-refractivity contribution in [1.82, 2.24) is 4.90 Å². The molecule has 0 aromatic heterocycles. The molecule has 0 aliphatic carbocycles. The Morgan fingerprint density at radius 3 is 2.72 bits per heavy atom. The van der Waals surface area contributed by atoms with Crippen LogP contribution in [0.1, 0.15) is 46.9 Å². The molecule has 4 heteroatoms. The molecule has 0 saturated carbocycles. The summed E-state index contributed by atoms with van der Waals surface area (Å²) < 4.78 is 5.22. The minimum Gasteiger partial charge on any atom is -0.497 e. The maximum absolute atomic E-state index is 13.0. The summed E-state index contributed by atoms with van der Waals surface area (Å²) in [7, 11) is 1.62. The van der Waals surface area contributed by atoms with E-state index in [1.807, 2.05) is 60.4 Å². The van der Waals surface area contributed by atoms with Crippen molar-refractivity contribution in [3.8, 4) is 5.75 Å². The number of aryl methyl sites for hydroxylation is 1. The van der Waals surface area contributed by atoms with Crippen molar-refractivity contribution in [1.29, 1.82) is 0 Å². The maximum Gasteiger partial charge on any atom is 0.254 e. The second-order valence-corrected chi connectivity index (χ2v) is 6.64. The zero-order valence-corrected chi connectivity index (χ0v) is 14.8. The van der Waals surface area contributed by atoms with Gasteiger partial charge in [-0.15, -0.1) is 0 Å². The molecule has 1 heterocycles. The summed E-state index contributed by atoms with van der Waals surface area (Å²) >= 11 is 0. The fourth-order valence-electron chi connectivity index (χ4n) is 3.57. The van der Waals surface area contributed by atoms with Gasteiger partial charge in [0.05, 0.1) is 13.2 Å². The van der Waals surface area contributed by atoms with E-state index < -0.39 is 6.10 Å². The zero-order valence-electron chi connectivity index (χ0n) is 14.8. The first-order valence-electron chi connectivity index (χ1n) is 8.78. The molecule has 0 bridgehead atoms. The SMILES string of the molecule is COc1ccc(C(=O)N2CCCC2CC(O)c2ccccc2)c(C)c1. The number of ether oxygens (including phenoxy) is 1. The minimum atomic E-state index is -0.545. The zero-order chi connectivity index (χ0) is 17.8. The number of methoxy groups -OCH3 is 1. The lowest BCUT2D eigenvalue weighted by Crippen LogP contribution is -2.36. The lowest BCUT2D eigenvalue weighted by atomic mass is 9.99. The second-order valence-electron chi connectivity index (χ2n) is 6.64. The number of rotatable bonds is 5. The topological polar surface area (TPSA) is 49.8 Å². The molecule has 1 amide bonds. The lowest BCUT2D eigenvalue weighted by molar-refractivity contribution is 0.0666. The Morgan fingerprint density at radius 2 is 2.04 bits per heavy atom. The van der Waals surface area contributed by atoms with Gasteiger partial charge in [-0.3, -0.25) is 4.79 Å². The Balaban J connectivity index is 1.74. The molecule has 2 aromatic rings. The van der Waals surface area contributed by atoms with Crippen LogP contribution in [0.3, 0.4) is 0 Å². The van der Waals surface area contributed by atoms with Crippen LogP contribution < -0.4 is 4.74 Å². The van der Waals surface area contributed by atoms with E-state index in [0.717, 1.165) is 36.3 Å². The summed E-state index contributed by atoms with van der Waals surface area (Å²) in [5, 5.41) is 10.5. The quantitative estimate of drug-likeness (QED) is 0.903. The third kappa shape index (κ3) is 3.85. The van der Waals surface area contributed by atoms with E-state index in [9.17, 15) is 9.90 Å². The van der Waals surface area contributed by atoms with Crippen LogP contribution in [0.15, 0.2) is 48.5 Å². The Hall–Kier alpha value is -2.33. The number of carbonyl (C=O) groups is 1. The van der Waals surface area contributed by atoms with Crippen LogP contribution >= 0.6 is 0 Å². The standard InChI is InChI=1S/C21H25NO3/c1-15-13-18(25-2)10-11-19(15)21(24)22-12-6-9-17(22)14-20(23)16-7-4-3-5-8-16/h3-5,7-8,10-11,13,17,20,23H,6,9,12,14H2,1-2H3. The third-order valence-corrected chi connectivity index (χ3v) is 4.98. The van der Waals surface area contributed by atoms with E-state index in [1.54, 1.807) is 7.11 Å². The number of carbonyl (C=O) groups excluding carboxylic acids is 1. The van der Waals surface area contributed by atoms with Gasteiger partial charge in [0.15, 0.2) is 0 Å². The van der Waals surface area contributed by atoms with Crippen molar-refractivity contribution < 1.29 is 14.6 Å². The van der Waals surface area contributed by atoms with Gasteiger partial charge >= 0.3 is 0 Å². The molecule has 1 aliphatic heterocycles. The molecule has 0 spiro atoms. The van der Waals surface area contributed by atoms with E-state index in [-0.39, 0.29) is 11.9 Å². The highest BCUT2D eigenvalue weighted by molar-refractivity contribution is 5.96. The first kappa shape index (κ1) is 17.5. The molecule has 25 heavy (non-hydrogen) atoms. The first-order chi connectivity index (χ1) is 12.1. The number of aliphatic hydroxyl groups excluding tert-OH is 1. The van der Waals surface area contributed by atoms with Crippen molar-refractivity contribution in [2.24, 2.45) is 0 Å². The van der Waals surface area contributed by atoms with E-state index in [1.165, 1.54) is 0 Å². The molecule has 1 fully saturated rings. The summed E-state index contributed by atoms with van der Waals surface area (Å²) in [5.41, 5.74) is 2.53. The Labute approximate surface area is 149 Å². The average molecular weight is 339 g/mol. The summed E-state index contributed by atoms with van der Waals surface area (Å²) in [5.74, 6) is 0.800. The highest BCUT2D eigenvalue weighted by Crippen LogP contribution is 2.29. The largest absolute Gasteiger partial charge is 0.497 e. The molecule has 4 nitrogen and oxygen atoms in total. The van der Waals surface area contributed by atoms with Gasteiger partial charge in [0.25, 0.3) is 5.91 Å². The van der Waals surface area contributed by atoms with Gasteiger partial charge in [-0.2, -0.15) is 0 Å². The predicted molar refractivity (Wildman–Crippen MR) is 97.8 cm³/mol. The fraction of sp³-hybridized carbons (Fsp3) is 0.381. The fourth-order valence-corrected chi connectivity index (χ4v) is 3.57. The second kappa shape index (κ2) is 7.70. The Bertz CT molecular complexity index is 729. The average Bonchev–Trinajstić information content (AvgIpc) is 3.09. The number of hydrogen-bond donors (Lipinski definition) is 1. The van der Waals surface area contributed by atoms with Gasteiger partial charge in [0.1, 0.15) is 5.75 Å². The Morgan fingerprint density at radius 1 is 1.28 bits per heavy atom. The monoisotopic (exact) mass is 339 g/mol. The summed E-state index contributed by atoms with van der Waals surface area (Å²) in [6.07, 6.45) is 1.94. The summed E-state index contributed by atoms with van der Waals surface area (Å²) in [6, 6.07) is 15.3. The molecular formula is C21H25NO3. The molecule has 2 atom stereocenters. The van der Waals surface area contributed by atoms with Crippen LogP contribution in [0.5, 0.6) is 5.75 Å². The van der Waals surface area contributed by atoms with Crippen molar-refractivity contribution in [2.75, 3.05) is 13.7 Å². The van der Waals surface area contributed by atoms with Crippen molar-refractivity contribution in [3.63, 3.8) is 0 Å². The Kier molecular flexibility index (Phi) is 5.39. The van der Waals surface area contributed by atoms with Crippen molar-refractivity contribution in [2.45, 2.75) is 38.3 Å². The van der Waals surface area contributed by atoms with Gasteiger partial charge in [0, 0.05) is 18.2 Å². The number of likely N-dealkylation sites (tertiary alicyclic amines) is 1. The molecular weight excluding hydrogens is 314 g/mol. The maximum atomic E-state index is 13.0. The summed E-state index contributed by atoms with van der Waals surface area (Å²) in [4.78, 5) is 14.9. The highest BCUT2D eigenvalue weighted by Gasteiger charge is 2.31. The van der Waals surface area contributed by atoms with Crippen LogP contribution in [0, 0.1) is 6.92 Å². The third-order valence-electron chi connectivity index (χ3n) is 4.98. The first-order valence-corrected chi connectivity index (χ1v) is 8.78. The molecule has 1 N–H and O–H groups in total. The van der Waals surface area contributed by atoms with E-state index in [2.05, 4.69) is 0 Å². The lowest BCUT2D eigenvalue weighted by Gasteiger charge is -2.27. The number of benzene rings is 2. The van der Waals surface area contributed by atoms with E-state index in [0.29, 0.717) is 12.0 Å². The van der Waals surface area contributed by atoms with Crippen LogP contribution in [0.2, 0.25) is 0 Å². The normalized spacial score (nSPS) is 18.2. The molecule has 132 valence electrons. The van der Waals surface area contributed by atoms with Gasteiger partial charge in [-0.25, -0.2) is 0 Å². The molecule has 3 rings (SSSR count). The minimum absolute atomic E-state index is 0.0444. The smallest absolute Gasteiger partial charge is 0.254 e. The number of nitrogens with zero attached hydrogens (tertiary/aromatic N) is 1. The predicted octanol–water partition coefficient (Wildman–Crippen LogP) is 3.73. The van der Waals surface area contributed by atoms with Gasteiger partial charge in [-0.05, 0) is 55.5 Å². The van der Waals surface area contributed by atoms with Gasteiger partial charge in [-0.1, -0.05) is 30.3 Å². The molecule has 1 saturated heterocycles. The molecule has 2 unspecified atom stereocenters. The van der Waals surface area contributed by atoms with Gasteiger partial charge in [0.2, 0.25) is 0 Å². The van der Waals surface area contributed by atoms with Crippen molar-refractivity contribution in [3.05, 3.63) is 65.2 Å². The van der Waals surface area contributed by atoms with Crippen LogP contribution in [-0.4, -0.2) is 35.6 Å². The molecule has 1 aliphatic rings. The van der Waals surface area contributed by atoms with Crippen LogP contribution in [0.25, 0.3) is 0 Å². The van der Waals surface area contributed by atoms with E-state index in [4.69, 9.17) is 4.74 Å². The van der Waals surface area contributed by atoms with E-state index >= 15 is 0 Å². The van der Waals surface area contributed by atoms with Crippen LogP contribution in [-0.2, 0) is 0 Å². The molecule has 0 radical (unpaired) electrons.